The number of carbonyl (C=O) groups excluding carboxylic acids is 5. The van der Waals surface area contributed by atoms with Crippen molar-refractivity contribution in [1.29, 1.82) is 0 Å². The van der Waals surface area contributed by atoms with Gasteiger partial charge in [-0.1, -0.05) is 74.5 Å². The molecule has 4 atom stereocenters. The molecule has 11 nitrogen and oxygen atoms in total. The normalized spacial score (nSPS) is 14.2. The first-order chi connectivity index (χ1) is 22.8. The summed E-state index contributed by atoms with van der Waals surface area (Å²) in [6.07, 6.45) is 0.279. The van der Waals surface area contributed by atoms with Crippen LogP contribution >= 0.6 is 0 Å². The van der Waals surface area contributed by atoms with E-state index in [1.54, 1.807) is 71.9 Å². The van der Waals surface area contributed by atoms with E-state index in [9.17, 15) is 24.0 Å². The third-order valence-electron chi connectivity index (χ3n) is 7.49. The summed E-state index contributed by atoms with van der Waals surface area (Å²) in [6, 6.07) is 14.0. The van der Waals surface area contributed by atoms with E-state index in [0.29, 0.717) is 17.9 Å². The number of benzene rings is 2. The van der Waals surface area contributed by atoms with Crippen molar-refractivity contribution >= 4 is 29.8 Å². The van der Waals surface area contributed by atoms with Crippen molar-refractivity contribution in [1.82, 2.24) is 15.5 Å². The van der Waals surface area contributed by atoms with Crippen LogP contribution in [0.25, 0.3) is 0 Å². The molecule has 0 aliphatic heterocycles. The Morgan fingerprint density at radius 1 is 0.735 bits per heavy atom. The lowest BCUT2D eigenvalue weighted by Gasteiger charge is -2.39. The number of carbonyl (C=O) groups is 5. The van der Waals surface area contributed by atoms with Gasteiger partial charge in [-0.05, 0) is 84.8 Å². The molecule has 11 heteroatoms. The fourth-order valence-corrected chi connectivity index (χ4v) is 5.23. The van der Waals surface area contributed by atoms with Gasteiger partial charge in [0, 0.05) is 18.9 Å². The Kier molecular flexibility index (Phi) is 15.3. The molecule has 0 saturated carbocycles. The SMILES string of the molecule is CC(C)CCC(C)N(C(=O)C(CCC(N)=O)NC(=O)OC(C)(C)C)C(C(=O)NC(Cc1ccccc1)C(=O)OC(C)(C)C)c1ccccc1. The van der Waals surface area contributed by atoms with Crippen molar-refractivity contribution in [2.45, 2.75) is 130 Å². The number of nitrogens with one attached hydrogen (secondary N) is 2. The molecule has 0 aliphatic carbocycles. The average molecular weight is 681 g/mol. The Labute approximate surface area is 291 Å². The predicted molar refractivity (Wildman–Crippen MR) is 189 cm³/mol. The molecule has 270 valence electrons. The molecule has 2 aromatic carbocycles. The van der Waals surface area contributed by atoms with Crippen LogP contribution in [0.2, 0.25) is 0 Å². The molecule has 4 amide bonds. The van der Waals surface area contributed by atoms with Crippen molar-refractivity contribution < 1.29 is 33.4 Å². The largest absolute Gasteiger partial charge is 0.458 e. The number of ether oxygens (including phenoxy) is 2. The van der Waals surface area contributed by atoms with Gasteiger partial charge in [0.05, 0.1) is 0 Å². The van der Waals surface area contributed by atoms with Gasteiger partial charge in [0.15, 0.2) is 0 Å². The highest BCUT2D eigenvalue weighted by molar-refractivity contribution is 5.94. The molecule has 4 N–H and O–H groups in total. The number of amides is 4. The smallest absolute Gasteiger partial charge is 0.408 e. The zero-order valence-electron chi connectivity index (χ0n) is 30.6. The van der Waals surface area contributed by atoms with Crippen LogP contribution in [-0.2, 0) is 35.1 Å². The first kappa shape index (κ1) is 40.8. The van der Waals surface area contributed by atoms with E-state index < -0.39 is 65.2 Å². The van der Waals surface area contributed by atoms with Crippen LogP contribution in [0.3, 0.4) is 0 Å². The van der Waals surface area contributed by atoms with E-state index in [1.807, 2.05) is 37.3 Å². The second-order valence-electron chi connectivity index (χ2n) is 14.9. The fraction of sp³-hybridized carbons (Fsp3) is 0.553. The molecule has 0 aromatic heterocycles. The third kappa shape index (κ3) is 14.7. The van der Waals surface area contributed by atoms with E-state index in [1.165, 1.54) is 4.90 Å². The number of hydrogen-bond donors (Lipinski definition) is 3. The zero-order chi connectivity index (χ0) is 36.9. The fourth-order valence-electron chi connectivity index (χ4n) is 5.23. The van der Waals surface area contributed by atoms with E-state index in [-0.39, 0.29) is 19.3 Å². The van der Waals surface area contributed by atoms with Gasteiger partial charge in [-0.15, -0.1) is 0 Å². The molecular weight excluding hydrogens is 624 g/mol. The quantitative estimate of drug-likeness (QED) is 0.195. The Balaban J connectivity index is 2.68. The molecule has 0 bridgehead atoms. The predicted octanol–water partition coefficient (Wildman–Crippen LogP) is 5.61. The molecule has 0 saturated heterocycles. The van der Waals surface area contributed by atoms with E-state index in [4.69, 9.17) is 15.2 Å². The topological polar surface area (TPSA) is 157 Å². The van der Waals surface area contributed by atoms with Crippen LogP contribution in [0.15, 0.2) is 60.7 Å². The Bertz CT molecular complexity index is 1380. The third-order valence-corrected chi connectivity index (χ3v) is 7.49. The number of alkyl carbamates (subject to hydrolysis) is 1. The van der Waals surface area contributed by atoms with Crippen molar-refractivity contribution in [2.75, 3.05) is 0 Å². The van der Waals surface area contributed by atoms with Crippen LogP contribution < -0.4 is 16.4 Å². The first-order valence-electron chi connectivity index (χ1n) is 17.0. The van der Waals surface area contributed by atoms with Crippen LogP contribution in [-0.4, -0.2) is 64.0 Å². The van der Waals surface area contributed by atoms with Gasteiger partial charge in [0.2, 0.25) is 17.7 Å². The minimum absolute atomic E-state index is 0.113. The molecule has 0 radical (unpaired) electrons. The lowest BCUT2D eigenvalue weighted by atomic mass is 9.96. The second-order valence-corrected chi connectivity index (χ2v) is 14.9. The number of hydrogen-bond acceptors (Lipinski definition) is 7. The molecule has 0 aliphatic rings. The van der Waals surface area contributed by atoms with Gasteiger partial charge in [0.25, 0.3) is 0 Å². The van der Waals surface area contributed by atoms with Gasteiger partial charge < -0.3 is 30.7 Å². The van der Waals surface area contributed by atoms with Crippen molar-refractivity contribution in [3.05, 3.63) is 71.8 Å². The van der Waals surface area contributed by atoms with Gasteiger partial charge in [-0.3, -0.25) is 14.4 Å². The molecule has 4 unspecified atom stereocenters. The molecule has 0 heterocycles. The summed E-state index contributed by atoms with van der Waals surface area (Å²) in [5, 5.41) is 5.53. The number of esters is 1. The maximum absolute atomic E-state index is 14.7. The summed E-state index contributed by atoms with van der Waals surface area (Å²) in [6.45, 7) is 16.3. The highest BCUT2D eigenvalue weighted by atomic mass is 16.6. The van der Waals surface area contributed by atoms with Crippen molar-refractivity contribution in [2.24, 2.45) is 11.7 Å². The number of nitrogens with zero attached hydrogens (tertiary/aromatic N) is 1. The van der Waals surface area contributed by atoms with E-state index in [0.717, 1.165) is 12.0 Å². The summed E-state index contributed by atoms with van der Waals surface area (Å²) in [7, 11) is 0. The van der Waals surface area contributed by atoms with Gasteiger partial charge in [-0.25, -0.2) is 9.59 Å². The van der Waals surface area contributed by atoms with Crippen LogP contribution in [0.5, 0.6) is 0 Å². The molecule has 49 heavy (non-hydrogen) atoms. The van der Waals surface area contributed by atoms with Gasteiger partial charge in [0.1, 0.15) is 29.3 Å². The molecule has 0 fully saturated rings. The van der Waals surface area contributed by atoms with Crippen molar-refractivity contribution in [3.8, 4) is 0 Å². The molecular formula is C38H56N4O7. The summed E-state index contributed by atoms with van der Waals surface area (Å²) >= 11 is 0. The second kappa shape index (κ2) is 18.4. The average Bonchev–Trinajstić information content (AvgIpc) is 2.99. The molecule has 2 rings (SSSR count). The lowest BCUT2D eigenvalue weighted by molar-refractivity contribution is -0.159. The standard InChI is InChI=1S/C38H56N4O7/c1-25(2)20-21-26(3)42(34(45)29(22-23-31(39)43)41-36(47)49-38(7,8)9)32(28-18-14-11-15-19-28)33(44)40-30(35(46)48-37(4,5)6)24-27-16-12-10-13-17-27/h10-19,25-26,29-30,32H,20-24H2,1-9H3,(H2,39,43)(H,40,44)(H,41,47). The summed E-state index contributed by atoms with van der Waals surface area (Å²) in [4.78, 5) is 69.1. The van der Waals surface area contributed by atoms with Gasteiger partial charge >= 0.3 is 12.1 Å². The molecule has 0 spiro atoms. The Morgan fingerprint density at radius 2 is 1.29 bits per heavy atom. The van der Waals surface area contributed by atoms with E-state index in [2.05, 4.69) is 24.5 Å². The van der Waals surface area contributed by atoms with Gasteiger partial charge in [-0.2, -0.15) is 0 Å². The Hall–Kier alpha value is -4.41. The highest BCUT2D eigenvalue weighted by Gasteiger charge is 2.40. The summed E-state index contributed by atoms with van der Waals surface area (Å²) < 4.78 is 11.2. The number of primary amides is 1. The lowest BCUT2D eigenvalue weighted by Crippen LogP contribution is -2.57. The monoisotopic (exact) mass is 680 g/mol. The highest BCUT2D eigenvalue weighted by Crippen LogP contribution is 2.28. The van der Waals surface area contributed by atoms with Crippen molar-refractivity contribution in [3.63, 3.8) is 0 Å². The maximum atomic E-state index is 14.7. The van der Waals surface area contributed by atoms with Crippen LogP contribution in [0.1, 0.15) is 105 Å². The summed E-state index contributed by atoms with van der Waals surface area (Å²) in [5.74, 6) is -2.16. The Morgan fingerprint density at radius 3 is 1.80 bits per heavy atom. The first-order valence-corrected chi connectivity index (χ1v) is 17.0. The zero-order valence-corrected chi connectivity index (χ0v) is 30.6. The molecule has 2 aromatic rings. The number of rotatable bonds is 16. The minimum Gasteiger partial charge on any atom is -0.458 e. The maximum Gasteiger partial charge on any atom is 0.408 e. The van der Waals surface area contributed by atoms with Crippen LogP contribution in [0, 0.1) is 5.92 Å². The minimum atomic E-state index is -1.24. The van der Waals surface area contributed by atoms with E-state index >= 15 is 0 Å². The van der Waals surface area contributed by atoms with Crippen LogP contribution in [0.4, 0.5) is 4.79 Å². The summed E-state index contributed by atoms with van der Waals surface area (Å²) in [5.41, 5.74) is 5.10. The number of nitrogens with two attached hydrogens (primary N) is 1.